The first-order valence-electron chi connectivity index (χ1n) is 8.26. The van der Waals surface area contributed by atoms with Crippen molar-refractivity contribution in [3.8, 4) is 0 Å². The van der Waals surface area contributed by atoms with E-state index in [0.717, 1.165) is 39.0 Å². The fourth-order valence-corrected chi connectivity index (χ4v) is 4.49. The Morgan fingerprint density at radius 3 is 3.30 bits per heavy atom. The monoisotopic (exact) mass is 331 g/mol. The Morgan fingerprint density at radius 1 is 1.48 bits per heavy atom. The average Bonchev–Trinajstić information content (AvgIpc) is 3.27. The van der Waals surface area contributed by atoms with Crippen molar-refractivity contribution in [1.29, 1.82) is 0 Å². The topological polar surface area (TPSA) is 47.4 Å². The Morgan fingerprint density at radius 2 is 2.43 bits per heavy atom. The highest BCUT2D eigenvalue weighted by Crippen LogP contribution is 2.34. The molecule has 6 heteroatoms. The summed E-state index contributed by atoms with van der Waals surface area (Å²) in [5.74, 6) is 0.200. The molecule has 0 N–H and O–H groups in total. The van der Waals surface area contributed by atoms with Crippen LogP contribution in [0.25, 0.3) is 0 Å². The minimum Gasteiger partial charge on any atom is -0.373 e. The van der Waals surface area contributed by atoms with E-state index in [0.29, 0.717) is 12.5 Å². The molecule has 2 aliphatic heterocycles. The van der Waals surface area contributed by atoms with E-state index < -0.39 is 0 Å². The summed E-state index contributed by atoms with van der Waals surface area (Å²) in [5.41, 5.74) is 1.22. The molecule has 0 saturated carbocycles. The Hall–Kier alpha value is -1.66. The molecule has 1 fully saturated rings. The van der Waals surface area contributed by atoms with Crippen LogP contribution in [0.15, 0.2) is 29.9 Å². The minimum atomic E-state index is -0.0671. The molecule has 0 aromatic carbocycles. The van der Waals surface area contributed by atoms with Crippen molar-refractivity contribution in [2.45, 2.75) is 37.8 Å². The zero-order valence-corrected chi connectivity index (χ0v) is 13.9. The molecule has 0 bridgehead atoms. The number of amides is 1. The van der Waals surface area contributed by atoms with E-state index in [2.05, 4.69) is 16.5 Å². The first-order valence-corrected chi connectivity index (χ1v) is 9.14. The highest BCUT2D eigenvalue weighted by molar-refractivity contribution is 7.10. The van der Waals surface area contributed by atoms with Gasteiger partial charge < -0.3 is 9.64 Å². The summed E-state index contributed by atoms with van der Waals surface area (Å²) >= 11 is 1.77. The number of thiophene rings is 1. The predicted molar refractivity (Wildman–Crippen MR) is 88.4 cm³/mol. The molecule has 2 aromatic rings. The summed E-state index contributed by atoms with van der Waals surface area (Å²) in [6.07, 6.45) is 7.27. The molecule has 2 aromatic heterocycles. The number of carbonyl (C=O) groups excluding carboxylic acids is 1. The van der Waals surface area contributed by atoms with Gasteiger partial charge in [0, 0.05) is 36.8 Å². The third-order valence-electron chi connectivity index (χ3n) is 4.78. The SMILES string of the molecule is O=C(C[C@@H]1OCCc2sccc21)N1CCC[C@H](n2cccn2)C1. The number of hydrogen-bond donors (Lipinski definition) is 0. The number of aromatic nitrogens is 2. The normalized spacial score (nSPS) is 24.4. The molecule has 2 atom stereocenters. The van der Waals surface area contributed by atoms with Gasteiger partial charge in [0.15, 0.2) is 0 Å². The molecule has 0 aliphatic carbocycles. The van der Waals surface area contributed by atoms with Crippen molar-refractivity contribution in [3.63, 3.8) is 0 Å². The molecular weight excluding hydrogens is 310 g/mol. The van der Waals surface area contributed by atoms with Gasteiger partial charge in [0.2, 0.25) is 5.91 Å². The molecule has 4 heterocycles. The lowest BCUT2D eigenvalue weighted by atomic mass is 10.0. The predicted octanol–water partition coefficient (Wildman–Crippen LogP) is 2.81. The van der Waals surface area contributed by atoms with Crippen molar-refractivity contribution in [2.75, 3.05) is 19.7 Å². The molecule has 0 radical (unpaired) electrons. The van der Waals surface area contributed by atoms with E-state index in [9.17, 15) is 4.79 Å². The van der Waals surface area contributed by atoms with Gasteiger partial charge in [0.1, 0.15) is 0 Å². The Labute approximate surface area is 139 Å². The maximum Gasteiger partial charge on any atom is 0.225 e. The number of rotatable bonds is 3. The van der Waals surface area contributed by atoms with Gasteiger partial charge in [-0.15, -0.1) is 11.3 Å². The summed E-state index contributed by atoms with van der Waals surface area (Å²) in [7, 11) is 0. The van der Waals surface area contributed by atoms with Gasteiger partial charge in [-0.05, 0) is 35.9 Å². The van der Waals surface area contributed by atoms with E-state index in [1.807, 2.05) is 21.8 Å². The van der Waals surface area contributed by atoms with E-state index in [-0.39, 0.29) is 12.0 Å². The third-order valence-corrected chi connectivity index (χ3v) is 5.78. The summed E-state index contributed by atoms with van der Waals surface area (Å²) < 4.78 is 7.84. The smallest absolute Gasteiger partial charge is 0.225 e. The zero-order chi connectivity index (χ0) is 15.6. The fourth-order valence-electron chi connectivity index (χ4n) is 3.57. The number of nitrogens with zero attached hydrogens (tertiary/aromatic N) is 3. The van der Waals surface area contributed by atoms with E-state index in [1.165, 1.54) is 10.4 Å². The van der Waals surface area contributed by atoms with E-state index in [4.69, 9.17) is 4.74 Å². The molecule has 0 spiro atoms. The van der Waals surface area contributed by atoms with Crippen molar-refractivity contribution in [2.24, 2.45) is 0 Å². The Bertz CT molecular complexity index is 667. The van der Waals surface area contributed by atoms with Crippen LogP contribution in [0.1, 0.15) is 41.8 Å². The third kappa shape index (κ3) is 3.05. The molecule has 23 heavy (non-hydrogen) atoms. The maximum absolute atomic E-state index is 12.7. The van der Waals surface area contributed by atoms with Gasteiger partial charge in [0.25, 0.3) is 0 Å². The van der Waals surface area contributed by atoms with Crippen LogP contribution in [0.4, 0.5) is 0 Å². The van der Waals surface area contributed by atoms with Gasteiger partial charge >= 0.3 is 0 Å². The molecule has 1 saturated heterocycles. The van der Waals surface area contributed by atoms with Crippen LogP contribution in [-0.2, 0) is 16.0 Å². The van der Waals surface area contributed by atoms with Gasteiger partial charge in [-0.1, -0.05) is 0 Å². The van der Waals surface area contributed by atoms with Crippen LogP contribution in [0.2, 0.25) is 0 Å². The van der Waals surface area contributed by atoms with E-state index >= 15 is 0 Å². The van der Waals surface area contributed by atoms with Crippen LogP contribution >= 0.6 is 11.3 Å². The average molecular weight is 331 g/mol. The second-order valence-corrected chi connectivity index (χ2v) is 7.24. The van der Waals surface area contributed by atoms with Crippen molar-refractivity contribution in [3.05, 3.63) is 40.3 Å². The van der Waals surface area contributed by atoms with Crippen molar-refractivity contribution < 1.29 is 9.53 Å². The van der Waals surface area contributed by atoms with Crippen LogP contribution in [0.3, 0.4) is 0 Å². The minimum absolute atomic E-state index is 0.0671. The van der Waals surface area contributed by atoms with Crippen LogP contribution in [0, 0.1) is 0 Å². The van der Waals surface area contributed by atoms with Gasteiger partial charge in [-0.2, -0.15) is 5.10 Å². The molecule has 5 nitrogen and oxygen atoms in total. The molecule has 122 valence electrons. The Kier molecular flexibility index (Phi) is 4.18. The standard InChI is InChI=1S/C17H21N3O2S/c21-17(11-15-14-5-10-23-16(14)4-9-22-15)19-7-1-3-13(12-19)20-8-2-6-18-20/h2,5-6,8,10,13,15H,1,3-4,7,9,11-12H2/t13-,15-/m0/s1. The van der Waals surface area contributed by atoms with Crippen molar-refractivity contribution in [1.82, 2.24) is 14.7 Å². The maximum atomic E-state index is 12.7. The van der Waals surface area contributed by atoms with Crippen molar-refractivity contribution >= 4 is 17.2 Å². The first-order chi connectivity index (χ1) is 11.3. The van der Waals surface area contributed by atoms with Gasteiger partial charge in [-0.25, -0.2) is 0 Å². The first kappa shape index (κ1) is 14.9. The zero-order valence-electron chi connectivity index (χ0n) is 13.1. The summed E-state index contributed by atoms with van der Waals surface area (Å²) in [4.78, 5) is 16.1. The van der Waals surface area contributed by atoms with Crippen LogP contribution < -0.4 is 0 Å². The number of fused-ring (bicyclic) bond motifs is 1. The number of carbonyl (C=O) groups is 1. The second kappa shape index (κ2) is 6.45. The summed E-state index contributed by atoms with van der Waals surface area (Å²) in [6, 6.07) is 4.35. The molecular formula is C17H21N3O2S. The Balaban J connectivity index is 1.42. The van der Waals surface area contributed by atoms with Gasteiger partial charge in [-0.3, -0.25) is 9.48 Å². The van der Waals surface area contributed by atoms with E-state index in [1.54, 1.807) is 17.5 Å². The number of likely N-dealkylation sites (tertiary alicyclic amines) is 1. The number of ether oxygens (including phenoxy) is 1. The highest BCUT2D eigenvalue weighted by atomic mass is 32.1. The lowest BCUT2D eigenvalue weighted by Crippen LogP contribution is -2.41. The molecule has 0 unspecified atom stereocenters. The van der Waals surface area contributed by atoms with Crippen LogP contribution in [-0.4, -0.2) is 40.3 Å². The molecule has 2 aliphatic rings. The lowest BCUT2D eigenvalue weighted by Gasteiger charge is -2.34. The second-order valence-electron chi connectivity index (χ2n) is 6.23. The lowest BCUT2D eigenvalue weighted by molar-refractivity contribution is -0.136. The van der Waals surface area contributed by atoms with Gasteiger partial charge in [0.05, 0.1) is 25.2 Å². The quantitative estimate of drug-likeness (QED) is 0.869. The summed E-state index contributed by atoms with van der Waals surface area (Å²) in [6.45, 7) is 2.32. The highest BCUT2D eigenvalue weighted by Gasteiger charge is 2.29. The largest absolute Gasteiger partial charge is 0.373 e. The number of piperidine rings is 1. The number of hydrogen-bond acceptors (Lipinski definition) is 4. The molecule has 1 amide bonds. The summed E-state index contributed by atoms with van der Waals surface area (Å²) in [5, 5.41) is 6.43. The molecule has 4 rings (SSSR count). The fraction of sp³-hybridized carbons (Fsp3) is 0.529. The van der Waals surface area contributed by atoms with Crippen LogP contribution in [0.5, 0.6) is 0 Å².